The second-order valence-electron chi connectivity index (χ2n) is 5.94. The molecule has 29 heavy (non-hydrogen) atoms. The number of aliphatic carboxylic acids is 1. The van der Waals surface area contributed by atoms with Crippen molar-refractivity contribution in [2.24, 2.45) is 5.10 Å². The number of nitrogens with one attached hydrogen (secondary N) is 1. The first kappa shape index (κ1) is 19.7. The summed E-state index contributed by atoms with van der Waals surface area (Å²) < 4.78 is 16.0. The molecular weight excluding hydrogens is 382 g/mol. The number of carboxylic acid groups (broad SMARTS) is 1. The van der Waals surface area contributed by atoms with Crippen LogP contribution in [-0.2, 0) is 4.79 Å². The summed E-state index contributed by atoms with van der Waals surface area (Å²) in [7, 11) is 5.83. The highest BCUT2D eigenvalue weighted by Crippen LogP contribution is 2.42. The van der Waals surface area contributed by atoms with E-state index in [-0.39, 0.29) is 28.6 Å². The zero-order valence-corrected chi connectivity index (χ0v) is 16.1. The molecular formula is C18H19N5O6. The van der Waals surface area contributed by atoms with Gasteiger partial charge in [-0.3, -0.25) is 9.78 Å². The van der Waals surface area contributed by atoms with Gasteiger partial charge < -0.3 is 25.1 Å². The van der Waals surface area contributed by atoms with Crippen LogP contribution in [0.1, 0.15) is 11.1 Å². The van der Waals surface area contributed by atoms with Gasteiger partial charge in [-0.1, -0.05) is 0 Å². The van der Waals surface area contributed by atoms with Gasteiger partial charge >= 0.3 is 5.97 Å². The lowest BCUT2D eigenvalue weighted by Gasteiger charge is -2.17. The van der Waals surface area contributed by atoms with Gasteiger partial charge in [0, 0.05) is 12.6 Å². The standard InChI is InChI=1S/C18H19N5O6/c1-23-15-13(16(24)21-18(19)20-15)9(7-10(22-23)17(25)26)8-5-11(27-2)14(29-4)12(6-8)28-3/h5-7H,1-4H3,(H,25,26)(H3,19,20,21,24). The van der Waals surface area contributed by atoms with E-state index in [1.165, 1.54) is 39.5 Å². The summed E-state index contributed by atoms with van der Waals surface area (Å²) >= 11 is 0. The lowest BCUT2D eigenvalue weighted by Crippen LogP contribution is -2.23. The number of anilines is 2. The van der Waals surface area contributed by atoms with Crippen molar-refractivity contribution in [1.29, 1.82) is 0 Å². The number of carbonyl (C=O) groups is 1. The highest BCUT2D eigenvalue weighted by molar-refractivity contribution is 6.42. The lowest BCUT2D eigenvalue weighted by atomic mass is 9.96. The Morgan fingerprint density at radius 2 is 1.79 bits per heavy atom. The molecule has 0 unspecified atom stereocenters. The number of hydrogen-bond acceptors (Lipinski definition) is 9. The first-order valence-corrected chi connectivity index (χ1v) is 8.28. The summed E-state index contributed by atoms with van der Waals surface area (Å²) in [5.74, 6) is -0.298. The number of aromatic amines is 1. The molecule has 2 aromatic rings. The number of aromatic nitrogens is 2. The second-order valence-corrected chi connectivity index (χ2v) is 5.94. The molecule has 0 spiro atoms. The maximum Gasteiger partial charge on any atom is 0.356 e. The number of hydrogen-bond donors (Lipinski definition) is 3. The maximum atomic E-state index is 12.7. The fourth-order valence-electron chi connectivity index (χ4n) is 2.97. The van der Waals surface area contributed by atoms with Crippen LogP contribution in [0.25, 0.3) is 5.57 Å². The number of nitrogens with zero attached hydrogens (tertiary/aromatic N) is 3. The summed E-state index contributed by atoms with van der Waals surface area (Å²) in [5.41, 5.74) is 5.59. The average Bonchev–Trinajstić information content (AvgIpc) is 2.84. The Labute approximate surface area is 165 Å². The van der Waals surface area contributed by atoms with E-state index in [9.17, 15) is 14.7 Å². The third-order valence-electron chi connectivity index (χ3n) is 4.23. The van der Waals surface area contributed by atoms with Crippen molar-refractivity contribution in [3.8, 4) is 17.2 Å². The van der Waals surface area contributed by atoms with Gasteiger partial charge in [0.1, 0.15) is 0 Å². The summed E-state index contributed by atoms with van der Waals surface area (Å²) in [6.07, 6.45) is 1.28. The summed E-state index contributed by atoms with van der Waals surface area (Å²) in [4.78, 5) is 31.0. The predicted octanol–water partition coefficient (Wildman–Crippen LogP) is 0.700. The van der Waals surface area contributed by atoms with E-state index in [2.05, 4.69) is 15.1 Å². The number of benzene rings is 1. The number of nitrogen functional groups attached to an aromatic ring is 1. The van der Waals surface area contributed by atoms with Crippen LogP contribution >= 0.6 is 0 Å². The van der Waals surface area contributed by atoms with Crippen LogP contribution in [0, 0.1) is 0 Å². The summed E-state index contributed by atoms with van der Waals surface area (Å²) in [6.45, 7) is 0. The normalized spacial score (nSPS) is 13.0. The zero-order valence-electron chi connectivity index (χ0n) is 16.1. The molecule has 0 fully saturated rings. The molecule has 0 amide bonds. The number of nitrogens with two attached hydrogens (primary N) is 1. The van der Waals surface area contributed by atoms with E-state index in [1.54, 1.807) is 12.1 Å². The maximum absolute atomic E-state index is 12.7. The molecule has 2 heterocycles. The third-order valence-corrected chi connectivity index (χ3v) is 4.23. The Hall–Kier alpha value is -4.02. The van der Waals surface area contributed by atoms with Crippen LogP contribution in [0.4, 0.5) is 11.8 Å². The van der Waals surface area contributed by atoms with Crippen molar-refractivity contribution >= 4 is 29.0 Å². The molecule has 1 aliphatic rings. The van der Waals surface area contributed by atoms with Crippen molar-refractivity contribution in [3.05, 3.63) is 39.7 Å². The van der Waals surface area contributed by atoms with Crippen LogP contribution in [0.15, 0.2) is 28.1 Å². The quantitative estimate of drug-likeness (QED) is 0.657. The zero-order chi connectivity index (χ0) is 21.3. The summed E-state index contributed by atoms with van der Waals surface area (Å²) in [6, 6.07) is 3.19. The smallest absolute Gasteiger partial charge is 0.356 e. The third kappa shape index (κ3) is 3.45. The molecule has 1 aromatic carbocycles. The van der Waals surface area contributed by atoms with E-state index in [4.69, 9.17) is 19.9 Å². The molecule has 152 valence electrons. The van der Waals surface area contributed by atoms with Crippen LogP contribution in [0.2, 0.25) is 0 Å². The SMILES string of the molecule is COc1cc(C2=CC(C(=O)O)=NN(C)c3nc(N)[nH]c(=O)c32)cc(OC)c1OC. The number of ether oxygens (including phenoxy) is 3. The van der Waals surface area contributed by atoms with E-state index >= 15 is 0 Å². The van der Waals surface area contributed by atoms with Crippen molar-refractivity contribution in [1.82, 2.24) is 9.97 Å². The van der Waals surface area contributed by atoms with Crippen molar-refractivity contribution < 1.29 is 24.1 Å². The first-order valence-electron chi connectivity index (χ1n) is 8.28. The minimum absolute atomic E-state index is 0.0935. The highest BCUT2D eigenvalue weighted by Gasteiger charge is 2.27. The number of H-pyrrole nitrogens is 1. The van der Waals surface area contributed by atoms with Crippen molar-refractivity contribution in [3.63, 3.8) is 0 Å². The van der Waals surface area contributed by atoms with Gasteiger partial charge in [-0.05, 0) is 23.8 Å². The van der Waals surface area contributed by atoms with Crippen LogP contribution in [0.5, 0.6) is 17.2 Å². The second kappa shape index (κ2) is 7.54. The van der Waals surface area contributed by atoms with E-state index in [0.717, 1.165) is 0 Å². The van der Waals surface area contributed by atoms with Gasteiger partial charge in [0.25, 0.3) is 5.56 Å². The molecule has 4 N–H and O–H groups in total. The molecule has 11 nitrogen and oxygen atoms in total. The molecule has 0 saturated carbocycles. The van der Waals surface area contributed by atoms with Gasteiger partial charge in [0.15, 0.2) is 23.0 Å². The molecule has 0 radical (unpaired) electrons. The minimum atomic E-state index is -1.28. The van der Waals surface area contributed by atoms with Crippen molar-refractivity contribution in [2.45, 2.75) is 0 Å². The van der Waals surface area contributed by atoms with E-state index < -0.39 is 11.5 Å². The van der Waals surface area contributed by atoms with Gasteiger partial charge in [0.2, 0.25) is 11.7 Å². The van der Waals surface area contributed by atoms with Crippen LogP contribution in [-0.4, -0.2) is 55.1 Å². The van der Waals surface area contributed by atoms with Crippen LogP contribution in [0.3, 0.4) is 0 Å². The molecule has 0 bridgehead atoms. The Bertz CT molecular complexity index is 1080. The fourth-order valence-corrected chi connectivity index (χ4v) is 2.97. The average molecular weight is 401 g/mol. The molecule has 0 aliphatic carbocycles. The Morgan fingerprint density at radius 1 is 1.17 bits per heavy atom. The van der Waals surface area contributed by atoms with E-state index in [1.807, 2.05) is 0 Å². The van der Waals surface area contributed by atoms with Crippen LogP contribution < -0.4 is 30.5 Å². The fraction of sp³-hybridized carbons (Fsp3) is 0.222. The highest BCUT2D eigenvalue weighted by atomic mass is 16.5. The number of carboxylic acids is 1. The topological polar surface area (TPSA) is 152 Å². The monoisotopic (exact) mass is 401 g/mol. The Balaban J connectivity index is 2.38. The molecule has 0 atom stereocenters. The number of methoxy groups -OCH3 is 3. The van der Waals surface area contributed by atoms with Gasteiger partial charge in [-0.2, -0.15) is 10.1 Å². The molecule has 11 heteroatoms. The predicted molar refractivity (Wildman–Crippen MR) is 106 cm³/mol. The first-order chi connectivity index (χ1) is 13.8. The summed E-state index contributed by atoms with van der Waals surface area (Å²) in [5, 5.41) is 14.7. The molecule has 3 rings (SSSR count). The largest absolute Gasteiger partial charge is 0.493 e. The van der Waals surface area contributed by atoms with Crippen molar-refractivity contribution in [2.75, 3.05) is 39.1 Å². The molecule has 1 aromatic heterocycles. The van der Waals surface area contributed by atoms with Gasteiger partial charge in [0.05, 0.1) is 26.9 Å². The minimum Gasteiger partial charge on any atom is -0.493 e. The van der Waals surface area contributed by atoms with Gasteiger partial charge in [-0.25, -0.2) is 9.80 Å². The van der Waals surface area contributed by atoms with E-state index in [0.29, 0.717) is 22.8 Å². The Morgan fingerprint density at radius 3 is 2.31 bits per heavy atom. The molecule has 0 saturated heterocycles. The molecule has 1 aliphatic heterocycles. The number of hydrazone groups is 1. The number of rotatable bonds is 5. The van der Waals surface area contributed by atoms with Gasteiger partial charge in [-0.15, -0.1) is 0 Å². The Kier molecular flexibility index (Phi) is 5.13. The number of fused-ring (bicyclic) bond motifs is 1. The lowest BCUT2D eigenvalue weighted by molar-refractivity contribution is -0.129.